The summed E-state index contributed by atoms with van der Waals surface area (Å²) in [6, 6.07) is 6.81. The highest BCUT2D eigenvalue weighted by Crippen LogP contribution is 2.30. The van der Waals surface area contributed by atoms with Gasteiger partial charge in [-0.15, -0.1) is 0 Å². The van der Waals surface area contributed by atoms with Crippen LogP contribution in [0.2, 0.25) is 0 Å². The van der Waals surface area contributed by atoms with Crippen LogP contribution in [0.3, 0.4) is 0 Å². The largest absolute Gasteiger partial charge is 0.310 e. The Labute approximate surface area is 129 Å². The molecule has 0 spiro atoms. The van der Waals surface area contributed by atoms with Gasteiger partial charge in [-0.1, -0.05) is 30.7 Å². The maximum atomic E-state index is 11.7. The molecule has 0 radical (unpaired) electrons. The zero-order valence-corrected chi connectivity index (χ0v) is 14.2. The van der Waals surface area contributed by atoms with E-state index < -0.39 is 9.84 Å². The van der Waals surface area contributed by atoms with Gasteiger partial charge in [0, 0.05) is 6.04 Å². The lowest BCUT2D eigenvalue weighted by molar-refractivity contribution is 0.413. The molecule has 1 heterocycles. The highest BCUT2D eigenvalue weighted by Gasteiger charge is 2.30. The normalized spacial score (nSPS) is 22.3. The van der Waals surface area contributed by atoms with Crippen LogP contribution in [-0.4, -0.2) is 26.5 Å². The number of rotatable bonds is 6. The Balaban J connectivity index is 2.16. The van der Waals surface area contributed by atoms with Gasteiger partial charge in [0.25, 0.3) is 0 Å². The minimum atomic E-state index is -2.79. The Morgan fingerprint density at radius 2 is 2.10 bits per heavy atom. The summed E-state index contributed by atoms with van der Waals surface area (Å²) in [7, 11) is -2.79. The van der Waals surface area contributed by atoms with E-state index in [-0.39, 0.29) is 6.04 Å². The smallest absolute Gasteiger partial charge is 0.150 e. The first kappa shape index (κ1) is 16.5. The molecule has 0 aromatic heterocycles. The summed E-state index contributed by atoms with van der Waals surface area (Å²) in [5.41, 5.74) is 3.88. The maximum absolute atomic E-state index is 11.7. The topological polar surface area (TPSA) is 46.2 Å². The number of benzene rings is 1. The van der Waals surface area contributed by atoms with Crippen LogP contribution in [0.1, 0.15) is 48.9 Å². The fourth-order valence-corrected chi connectivity index (χ4v) is 5.05. The van der Waals surface area contributed by atoms with Crippen molar-refractivity contribution in [1.29, 1.82) is 0 Å². The lowest BCUT2D eigenvalue weighted by atomic mass is 9.91. The molecular formula is C17H27NO2S. The Hall–Kier alpha value is -0.870. The van der Waals surface area contributed by atoms with E-state index >= 15 is 0 Å². The van der Waals surface area contributed by atoms with Crippen molar-refractivity contribution in [3.8, 4) is 0 Å². The van der Waals surface area contributed by atoms with Gasteiger partial charge in [-0.05, 0) is 56.7 Å². The highest BCUT2D eigenvalue weighted by molar-refractivity contribution is 7.91. The van der Waals surface area contributed by atoms with E-state index in [0.29, 0.717) is 17.4 Å². The first-order valence-electron chi connectivity index (χ1n) is 7.92. The second-order valence-corrected chi connectivity index (χ2v) is 8.60. The predicted molar refractivity (Wildman–Crippen MR) is 88.3 cm³/mol. The number of sulfone groups is 1. The minimum absolute atomic E-state index is 0.267. The summed E-state index contributed by atoms with van der Waals surface area (Å²) in [5.74, 6) is 1.02. The second-order valence-electron chi connectivity index (χ2n) is 6.37. The lowest BCUT2D eigenvalue weighted by Gasteiger charge is -2.24. The van der Waals surface area contributed by atoms with Gasteiger partial charge in [-0.25, -0.2) is 8.42 Å². The van der Waals surface area contributed by atoms with Crippen molar-refractivity contribution in [2.24, 2.45) is 5.92 Å². The summed E-state index contributed by atoms with van der Waals surface area (Å²) in [4.78, 5) is 0. The van der Waals surface area contributed by atoms with Gasteiger partial charge in [0.2, 0.25) is 0 Å². The molecule has 1 aliphatic heterocycles. The van der Waals surface area contributed by atoms with Gasteiger partial charge in [0.05, 0.1) is 11.5 Å². The van der Waals surface area contributed by atoms with Crippen molar-refractivity contribution in [3.63, 3.8) is 0 Å². The van der Waals surface area contributed by atoms with Gasteiger partial charge >= 0.3 is 0 Å². The summed E-state index contributed by atoms with van der Waals surface area (Å²) in [6.07, 6.45) is 2.82. The third-order valence-corrected chi connectivity index (χ3v) is 6.18. The summed E-state index contributed by atoms with van der Waals surface area (Å²) < 4.78 is 23.3. The summed E-state index contributed by atoms with van der Waals surface area (Å²) in [6.45, 7) is 7.38. The van der Waals surface area contributed by atoms with Crippen molar-refractivity contribution >= 4 is 9.84 Å². The molecule has 0 amide bonds. The highest BCUT2D eigenvalue weighted by atomic mass is 32.2. The lowest BCUT2D eigenvalue weighted by Crippen LogP contribution is -2.25. The number of hydrogen-bond acceptors (Lipinski definition) is 3. The molecule has 1 N–H and O–H groups in total. The SMILES string of the molecule is CCCNC(CC1CCS(=O)(=O)C1)c1cc(C)ccc1C. The molecule has 0 saturated carbocycles. The first-order valence-corrected chi connectivity index (χ1v) is 9.74. The van der Waals surface area contributed by atoms with Crippen molar-refractivity contribution < 1.29 is 8.42 Å². The number of hydrogen-bond donors (Lipinski definition) is 1. The molecule has 1 fully saturated rings. The maximum Gasteiger partial charge on any atom is 0.150 e. The third-order valence-electron chi connectivity index (χ3n) is 4.35. The fourth-order valence-electron chi connectivity index (χ4n) is 3.17. The zero-order chi connectivity index (χ0) is 15.5. The van der Waals surface area contributed by atoms with Crippen LogP contribution in [0.25, 0.3) is 0 Å². The van der Waals surface area contributed by atoms with Crippen molar-refractivity contribution in [3.05, 3.63) is 34.9 Å². The molecule has 21 heavy (non-hydrogen) atoms. The van der Waals surface area contributed by atoms with Crippen LogP contribution in [0.15, 0.2) is 18.2 Å². The molecule has 3 nitrogen and oxygen atoms in total. The number of nitrogens with one attached hydrogen (secondary N) is 1. The van der Waals surface area contributed by atoms with Gasteiger partial charge in [0.15, 0.2) is 9.84 Å². The first-order chi connectivity index (χ1) is 9.91. The molecular weight excluding hydrogens is 282 g/mol. The van der Waals surface area contributed by atoms with Gasteiger partial charge < -0.3 is 5.32 Å². The zero-order valence-electron chi connectivity index (χ0n) is 13.4. The van der Waals surface area contributed by atoms with Gasteiger partial charge in [-0.2, -0.15) is 0 Å². The quantitative estimate of drug-likeness (QED) is 0.878. The Bertz CT molecular complexity index is 580. The molecule has 0 bridgehead atoms. The Morgan fingerprint density at radius 3 is 2.71 bits per heavy atom. The monoisotopic (exact) mass is 309 g/mol. The van der Waals surface area contributed by atoms with Gasteiger partial charge in [-0.3, -0.25) is 0 Å². The molecule has 118 valence electrons. The van der Waals surface area contributed by atoms with Crippen LogP contribution in [0.4, 0.5) is 0 Å². The average Bonchev–Trinajstić information content (AvgIpc) is 2.77. The molecule has 2 rings (SSSR count). The second kappa shape index (κ2) is 6.93. The predicted octanol–water partition coefficient (Wildman–Crippen LogP) is 3.17. The molecule has 1 aromatic carbocycles. The molecule has 1 aromatic rings. The van der Waals surface area contributed by atoms with E-state index in [2.05, 4.69) is 44.3 Å². The molecule has 1 aliphatic rings. The van der Waals surface area contributed by atoms with Crippen LogP contribution < -0.4 is 5.32 Å². The standard InChI is InChI=1S/C17H27NO2S/c1-4-8-18-17(11-15-7-9-21(19,20)12-15)16-10-13(2)5-6-14(16)3/h5-6,10,15,17-18H,4,7-9,11-12H2,1-3H3. The number of aryl methyl sites for hydroxylation is 2. The van der Waals surface area contributed by atoms with Crippen molar-refractivity contribution in [2.45, 2.75) is 46.1 Å². The van der Waals surface area contributed by atoms with Crippen LogP contribution in [0, 0.1) is 19.8 Å². The molecule has 2 atom stereocenters. The van der Waals surface area contributed by atoms with E-state index in [0.717, 1.165) is 25.8 Å². The molecule has 0 aliphatic carbocycles. The van der Waals surface area contributed by atoms with Crippen LogP contribution in [-0.2, 0) is 9.84 Å². The van der Waals surface area contributed by atoms with Crippen molar-refractivity contribution in [1.82, 2.24) is 5.32 Å². The summed E-state index contributed by atoms with van der Waals surface area (Å²) in [5, 5.41) is 3.61. The molecule has 4 heteroatoms. The fraction of sp³-hybridized carbons (Fsp3) is 0.647. The summed E-state index contributed by atoms with van der Waals surface area (Å²) >= 11 is 0. The Kier molecular flexibility index (Phi) is 5.44. The van der Waals surface area contributed by atoms with Crippen molar-refractivity contribution in [2.75, 3.05) is 18.1 Å². The molecule has 2 unspecified atom stereocenters. The third kappa shape index (κ3) is 4.55. The van der Waals surface area contributed by atoms with E-state index in [1.807, 2.05) is 0 Å². The van der Waals surface area contributed by atoms with E-state index in [9.17, 15) is 8.42 Å². The van der Waals surface area contributed by atoms with Crippen LogP contribution >= 0.6 is 0 Å². The average molecular weight is 309 g/mol. The van der Waals surface area contributed by atoms with E-state index in [1.165, 1.54) is 16.7 Å². The van der Waals surface area contributed by atoms with Crippen LogP contribution in [0.5, 0.6) is 0 Å². The van der Waals surface area contributed by atoms with E-state index in [1.54, 1.807) is 0 Å². The van der Waals surface area contributed by atoms with E-state index in [4.69, 9.17) is 0 Å². The molecule has 1 saturated heterocycles. The van der Waals surface area contributed by atoms with Gasteiger partial charge in [0.1, 0.15) is 0 Å². The Morgan fingerprint density at radius 1 is 1.33 bits per heavy atom. The minimum Gasteiger partial charge on any atom is -0.310 e.